The summed E-state index contributed by atoms with van der Waals surface area (Å²) in [7, 11) is 1.53. The number of ether oxygens (including phenoxy) is 1. The normalized spacial score (nSPS) is 10.9. The summed E-state index contributed by atoms with van der Waals surface area (Å²) in [6, 6.07) is 14.5. The second-order valence-electron chi connectivity index (χ2n) is 5.93. The summed E-state index contributed by atoms with van der Waals surface area (Å²) in [6.07, 6.45) is 1.69. The number of nitrogen functional groups attached to an aromatic ring is 1. The molecule has 2 N–H and O–H groups in total. The van der Waals surface area contributed by atoms with Crippen LogP contribution >= 0.6 is 11.3 Å². The van der Waals surface area contributed by atoms with Crippen molar-refractivity contribution in [1.82, 2.24) is 14.5 Å². The van der Waals surface area contributed by atoms with Crippen LogP contribution in [0.2, 0.25) is 0 Å². The Balaban J connectivity index is 1.93. The van der Waals surface area contributed by atoms with Gasteiger partial charge in [0.25, 0.3) is 0 Å². The fourth-order valence-corrected chi connectivity index (χ4v) is 3.60. The van der Waals surface area contributed by atoms with E-state index >= 15 is 0 Å². The lowest BCUT2D eigenvalue weighted by atomic mass is 10.0. The van der Waals surface area contributed by atoms with Crippen LogP contribution in [0.5, 0.6) is 5.75 Å². The van der Waals surface area contributed by atoms with Crippen molar-refractivity contribution in [1.29, 1.82) is 0 Å². The van der Waals surface area contributed by atoms with Gasteiger partial charge in [-0.25, -0.2) is 14.4 Å². The third-order valence-corrected chi connectivity index (χ3v) is 4.94. The number of nitrogens with zero attached hydrogens (tertiary/aromatic N) is 3. The number of imidazole rings is 1. The van der Waals surface area contributed by atoms with E-state index in [1.54, 1.807) is 18.5 Å². The maximum atomic E-state index is 14.9. The van der Waals surface area contributed by atoms with Gasteiger partial charge >= 0.3 is 0 Å². The van der Waals surface area contributed by atoms with E-state index in [9.17, 15) is 4.39 Å². The first-order chi connectivity index (χ1) is 13.2. The number of anilines is 1. The average Bonchev–Trinajstić information content (AvgIpc) is 3.28. The lowest BCUT2D eigenvalue weighted by Gasteiger charge is -2.14. The molecule has 0 radical (unpaired) electrons. The van der Waals surface area contributed by atoms with E-state index in [-0.39, 0.29) is 5.82 Å². The highest BCUT2D eigenvalue weighted by Crippen LogP contribution is 2.38. The molecule has 0 aliphatic heterocycles. The topological polar surface area (TPSA) is 66.0 Å². The molecule has 0 spiro atoms. The predicted octanol–water partition coefficient (Wildman–Crippen LogP) is 4.45. The molecule has 0 aliphatic carbocycles. The van der Waals surface area contributed by atoms with E-state index in [0.717, 1.165) is 11.3 Å². The van der Waals surface area contributed by atoms with Crippen LogP contribution in [0.1, 0.15) is 5.69 Å². The standard InChI is InChI=1S/C20H17FN4OS/c1-26-16-9-5-8-15(21)17(16)19-18(13-6-3-2-4-7-13)23-12-25(19)10-14-11-27-20(22)24-14/h2-9,11-12H,10H2,1H3,(H2,22,24). The summed E-state index contributed by atoms with van der Waals surface area (Å²) in [4.78, 5) is 8.88. The molecule has 7 heteroatoms. The van der Waals surface area contributed by atoms with Crippen molar-refractivity contribution in [2.75, 3.05) is 12.8 Å². The van der Waals surface area contributed by atoms with Crippen molar-refractivity contribution in [2.24, 2.45) is 0 Å². The van der Waals surface area contributed by atoms with Crippen LogP contribution in [-0.2, 0) is 6.54 Å². The Bertz CT molecular complexity index is 1070. The van der Waals surface area contributed by atoms with Gasteiger partial charge in [-0.1, -0.05) is 36.4 Å². The van der Waals surface area contributed by atoms with Crippen LogP contribution < -0.4 is 10.5 Å². The largest absolute Gasteiger partial charge is 0.496 e. The van der Waals surface area contributed by atoms with Crippen LogP contribution in [0.25, 0.3) is 22.5 Å². The Hall–Kier alpha value is -3.19. The molecule has 0 aliphatic rings. The van der Waals surface area contributed by atoms with Gasteiger partial charge in [0.15, 0.2) is 5.13 Å². The van der Waals surface area contributed by atoms with Crippen LogP contribution in [0.15, 0.2) is 60.2 Å². The molecule has 0 fully saturated rings. The van der Waals surface area contributed by atoms with E-state index in [2.05, 4.69) is 9.97 Å². The van der Waals surface area contributed by atoms with Crippen molar-refractivity contribution >= 4 is 16.5 Å². The summed E-state index contributed by atoms with van der Waals surface area (Å²) in [6.45, 7) is 0.431. The van der Waals surface area contributed by atoms with E-state index in [1.165, 1.54) is 24.5 Å². The van der Waals surface area contributed by atoms with Crippen LogP contribution in [0.3, 0.4) is 0 Å². The number of hydrogen-bond acceptors (Lipinski definition) is 5. The number of thiazole rings is 1. The van der Waals surface area contributed by atoms with Crippen molar-refractivity contribution in [3.8, 4) is 28.3 Å². The summed E-state index contributed by atoms with van der Waals surface area (Å²) in [5, 5.41) is 2.39. The maximum absolute atomic E-state index is 14.9. The Morgan fingerprint density at radius 3 is 2.67 bits per heavy atom. The summed E-state index contributed by atoms with van der Waals surface area (Å²) in [5.74, 6) is 0.0813. The molecule has 2 heterocycles. The highest BCUT2D eigenvalue weighted by atomic mass is 32.1. The number of rotatable bonds is 5. The number of aromatic nitrogens is 3. The van der Waals surface area contributed by atoms with E-state index in [4.69, 9.17) is 10.5 Å². The molecule has 2 aromatic carbocycles. The lowest BCUT2D eigenvalue weighted by molar-refractivity contribution is 0.413. The Morgan fingerprint density at radius 1 is 1.15 bits per heavy atom. The Morgan fingerprint density at radius 2 is 1.96 bits per heavy atom. The van der Waals surface area contributed by atoms with Gasteiger partial charge < -0.3 is 15.0 Å². The highest BCUT2D eigenvalue weighted by Gasteiger charge is 2.22. The maximum Gasteiger partial charge on any atom is 0.180 e. The third kappa shape index (κ3) is 3.29. The van der Waals surface area contributed by atoms with Crippen molar-refractivity contribution in [2.45, 2.75) is 6.54 Å². The van der Waals surface area contributed by atoms with Gasteiger partial charge in [0.05, 0.1) is 42.6 Å². The summed E-state index contributed by atoms with van der Waals surface area (Å²) in [5.41, 5.74) is 9.14. The van der Waals surface area contributed by atoms with Gasteiger partial charge in [-0.3, -0.25) is 0 Å². The minimum absolute atomic E-state index is 0.369. The first-order valence-corrected chi connectivity index (χ1v) is 9.18. The third-order valence-electron chi connectivity index (χ3n) is 4.22. The molecule has 0 saturated carbocycles. The number of hydrogen-bond donors (Lipinski definition) is 1. The van der Waals surface area contributed by atoms with E-state index < -0.39 is 0 Å². The van der Waals surface area contributed by atoms with Gasteiger partial charge in [0.2, 0.25) is 0 Å². The zero-order chi connectivity index (χ0) is 18.8. The van der Waals surface area contributed by atoms with Gasteiger partial charge in [-0.15, -0.1) is 11.3 Å². The highest BCUT2D eigenvalue weighted by molar-refractivity contribution is 7.13. The SMILES string of the molecule is COc1cccc(F)c1-c1c(-c2ccccc2)ncn1Cc1csc(N)n1. The smallest absolute Gasteiger partial charge is 0.180 e. The molecule has 0 saturated heterocycles. The van der Waals surface area contributed by atoms with Gasteiger partial charge in [-0.2, -0.15) is 0 Å². The first-order valence-electron chi connectivity index (χ1n) is 8.30. The molecule has 0 amide bonds. The molecule has 0 atom stereocenters. The van der Waals surface area contributed by atoms with E-state index in [1.807, 2.05) is 40.3 Å². The molecule has 0 bridgehead atoms. The van der Waals surface area contributed by atoms with Crippen molar-refractivity contribution in [3.63, 3.8) is 0 Å². The molecular formula is C20H17FN4OS. The van der Waals surface area contributed by atoms with Crippen LogP contribution in [0, 0.1) is 5.82 Å². The van der Waals surface area contributed by atoms with Gasteiger partial charge in [0.1, 0.15) is 11.6 Å². The second kappa shape index (κ2) is 7.20. The molecule has 27 heavy (non-hydrogen) atoms. The molecule has 4 rings (SSSR count). The van der Waals surface area contributed by atoms with Crippen molar-refractivity contribution in [3.05, 3.63) is 71.7 Å². The van der Waals surface area contributed by atoms with E-state index in [0.29, 0.717) is 34.4 Å². The first kappa shape index (κ1) is 17.2. The summed E-state index contributed by atoms with van der Waals surface area (Å²) >= 11 is 1.37. The van der Waals surface area contributed by atoms with Gasteiger partial charge in [-0.05, 0) is 12.1 Å². The van der Waals surface area contributed by atoms with Crippen molar-refractivity contribution < 1.29 is 9.13 Å². The fourth-order valence-electron chi connectivity index (χ4n) is 3.05. The van der Waals surface area contributed by atoms with Crippen LogP contribution in [0.4, 0.5) is 9.52 Å². The molecule has 0 unspecified atom stereocenters. The Kier molecular flexibility index (Phi) is 4.60. The molecule has 136 valence electrons. The lowest BCUT2D eigenvalue weighted by Crippen LogP contribution is -2.04. The second-order valence-corrected chi connectivity index (χ2v) is 6.82. The number of benzene rings is 2. The molecule has 5 nitrogen and oxygen atoms in total. The molecular weight excluding hydrogens is 363 g/mol. The number of methoxy groups -OCH3 is 1. The summed E-state index contributed by atoms with van der Waals surface area (Å²) < 4.78 is 22.2. The zero-order valence-electron chi connectivity index (χ0n) is 14.6. The predicted molar refractivity (Wildman–Crippen MR) is 105 cm³/mol. The minimum Gasteiger partial charge on any atom is -0.496 e. The zero-order valence-corrected chi connectivity index (χ0v) is 15.4. The minimum atomic E-state index is -0.369. The Labute approximate surface area is 159 Å². The molecule has 2 aromatic heterocycles. The average molecular weight is 380 g/mol. The van der Waals surface area contributed by atoms with Gasteiger partial charge in [0, 0.05) is 10.9 Å². The fraction of sp³-hybridized carbons (Fsp3) is 0.100. The molecule has 4 aromatic rings. The van der Waals surface area contributed by atoms with Crippen LogP contribution in [-0.4, -0.2) is 21.6 Å². The number of nitrogens with two attached hydrogens (primary N) is 1. The number of halogens is 1. The monoisotopic (exact) mass is 380 g/mol. The quantitative estimate of drug-likeness (QED) is 0.555.